The Morgan fingerprint density at radius 3 is 2.72 bits per heavy atom. The number of benzene rings is 1. The van der Waals surface area contributed by atoms with Crippen molar-refractivity contribution in [2.75, 3.05) is 44.9 Å². The molecule has 0 spiro atoms. The number of aromatic nitrogens is 2. The maximum atomic E-state index is 13.5. The van der Waals surface area contributed by atoms with Gasteiger partial charge in [-0.3, -0.25) is 18.9 Å². The highest BCUT2D eigenvalue weighted by atomic mass is 16.7. The van der Waals surface area contributed by atoms with E-state index in [1.165, 1.54) is 17.5 Å². The lowest BCUT2D eigenvalue weighted by atomic mass is 10.1. The molecule has 184 valence electrons. The third-order valence-corrected chi connectivity index (χ3v) is 6.46. The number of aryl methyl sites for hydroxylation is 1. The van der Waals surface area contributed by atoms with Gasteiger partial charge in [0.1, 0.15) is 23.1 Å². The SMILES string of the molecule is CNC(=O)C(C#N)=Cc1c(N2CCN(Cc3ccc4c(c3)OCO4)CC2)nc2c(C)cccn2c1=O. The highest BCUT2D eigenvalue weighted by molar-refractivity contribution is 6.02. The molecule has 0 atom stereocenters. The standard InChI is InChI=1S/C26H26N6O4/c1-17-4-3-7-32-23(17)29-24(20(26(32)34)13-19(14-27)25(33)28-2)31-10-8-30(9-11-31)15-18-5-6-21-22(12-18)36-16-35-21/h3-7,12-13H,8-11,15-16H2,1-2H3,(H,28,33). The van der Waals surface area contributed by atoms with Crippen molar-refractivity contribution in [1.82, 2.24) is 19.6 Å². The Morgan fingerprint density at radius 2 is 1.97 bits per heavy atom. The average molecular weight is 487 g/mol. The van der Waals surface area contributed by atoms with Crippen molar-refractivity contribution in [3.05, 3.63) is 69.1 Å². The van der Waals surface area contributed by atoms with Gasteiger partial charge >= 0.3 is 0 Å². The van der Waals surface area contributed by atoms with Gasteiger partial charge in [-0.25, -0.2) is 4.98 Å². The van der Waals surface area contributed by atoms with Crippen LogP contribution in [0.1, 0.15) is 16.7 Å². The largest absolute Gasteiger partial charge is 0.454 e. The second-order valence-electron chi connectivity index (χ2n) is 8.74. The number of likely N-dealkylation sites (N-methyl/N-ethyl adjacent to an activating group) is 1. The fourth-order valence-corrected chi connectivity index (χ4v) is 4.51. The van der Waals surface area contributed by atoms with Crippen molar-refractivity contribution in [1.29, 1.82) is 5.26 Å². The van der Waals surface area contributed by atoms with Gasteiger partial charge in [0.15, 0.2) is 11.5 Å². The molecule has 0 radical (unpaired) electrons. The number of fused-ring (bicyclic) bond motifs is 2. The first-order valence-electron chi connectivity index (χ1n) is 11.7. The number of amides is 1. The Morgan fingerprint density at radius 1 is 1.19 bits per heavy atom. The number of carbonyl (C=O) groups is 1. The molecule has 0 unspecified atom stereocenters. The molecule has 1 fully saturated rings. The molecule has 4 heterocycles. The molecule has 0 bridgehead atoms. The summed E-state index contributed by atoms with van der Waals surface area (Å²) in [7, 11) is 1.45. The highest BCUT2D eigenvalue weighted by Gasteiger charge is 2.24. The van der Waals surface area contributed by atoms with Crippen LogP contribution < -0.4 is 25.2 Å². The van der Waals surface area contributed by atoms with Crippen LogP contribution in [-0.2, 0) is 11.3 Å². The molecule has 2 aromatic heterocycles. The van der Waals surface area contributed by atoms with Crippen LogP contribution in [0, 0.1) is 18.3 Å². The van der Waals surface area contributed by atoms with Crippen LogP contribution in [0.5, 0.6) is 11.5 Å². The lowest BCUT2D eigenvalue weighted by Gasteiger charge is -2.36. The van der Waals surface area contributed by atoms with E-state index in [9.17, 15) is 14.9 Å². The van der Waals surface area contributed by atoms with Gasteiger partial charge in [0.2, 0.25) is 6.79 Å². The lowest BCUT2D eigenvalue weighted by Crippen LogP contribution is -2.47. The topological polar surface area (TPSA) is 112 Å². The molecule has 1 amide bonds. The van der Waals surface area contributed by atoms with Gasteiger partial charge in [0.05, 0.1) is 5.56 Å². The van der Waals surface area contributed by atoms with Crippen LogP contribution in [0.25, 0.3) is 11.7 Å². The Bertz CT molecular complexity index is 1460. The quantitative estimate of drug-likeness (QED) is 0.429. The molecule has 2 aliphatic rings. The maximum absolute atomic E-state index is 13.5. The van der Waals surface area contributed by atoms with Gasteiger partial charge in [0, 0.05) is 46.0 Å². The summed E-state index contributed by atoms with van der Waals surface area (Å²) in [5.41, 5.74) is 2.31. The zero-order chi connectivity index (χ0) is 25.2. The van der Waals surface area contributed by atoms with Crippen LogP contribution in [0.3, 0.4) is 0 Å². The zero-order valence-electron chi connectivity index (χ0n) is 20.2. The van der Waals surface area contributed by atoms with Crippen LogP contribution >= 0.6 is 0 Å². The Balaban J connectivity index is 1.44. The van der Waals surface area contributed by atoms with Crippen LogP contribution in [0.2, 0.25) is 0 Å². The summed E-state index contributed by atoms with van der Waals surface area (Å²) in [5.74, 6) is 1.46. The number of carbonyl (C=O) groups excluding carboxylic acids is 1. The van der Waals surface area contributed by atoms with Gasteiger partial charge in [-0.1, -0.05) is 12.1 Å². The van der Waals surface area contributed by atoms with Gasteiger partial charge in [0.25, 0.3) is 11.5 Å². The number of anilines is 1. The molecular weight excluding hydrogens is 460 g/mol. The van der Waals surface area contributed by atoms with Crippen LogP contribution in [0.4, 0.5) is 5.82 Å². The van der Waals surface area contributed by atoms with E-state index < -0.39 is 5.91 Å². The smallest absolute Gasteiger partial charge is 0.267 e. The van der Waals surface area contributed by atoms with Crippen molar-refractivity contribution in [3.63, 3.8) is 0 Å². The molecule has 0 aliphatic carbocycles. The number of hydrogen-bond acceptors (Lipinski definition) is 8. The minimum Gasteiger partial charge on any atom is -0.454 e. The third-order valence-electron chi connectivity index (χ3n) is 6.46. The molecule has 10 nitrogen and oxygen atoms in total. The minimum absolute atomic E-state index is 0.147. The molecular formula is C26H26N6O4. The molecule has 5 rings (SSSR count). The second kappa shape index (κ2) is 9.71. The third kappa shape index (κ3) is 4.36. The molecule has 0 saturated carbocycles. The summed E-state index contributed by atoms with van der Waals surface area (Å²) in [6.45, 7) is 5.71. The first-order valence-corrected chi connectivity index (χ1v) is 11.7. The van der Waals surface area contributed by atoms with Crippen molar-refractivity contribution in [2.45, 2.75) is 13.5 Å². The summed E-state index contributed by atoms with van der Waals surface area (Å²) in [5, 5.41) is 12.0. The monoisotopic (exact) mass is 486 g/mol. The average Bonchev–Trinajstić information content (AvgIpc) is 3.37. The predicted molar refractivity (Wildman–Crippen MR) is 134 cm³/mol. The Labute approximate surface area is 208 Å². The number of nitriles is 1. The Kier molecular flexibility index (Phi) is 6.31. The van der Waals surface area contributed by atoms with E-state index in [4.69, 9.17) is 14.5 Å². The van der Waals surface area contributed by atoms with Crippen molar-refractivity contribution in [3.8, 4) is 17.6 Å². The van der Waals surface area contributed by atoms with E-state index in [1.807, 2.05) is 37.3 Å². The van der Waals surface area contributed by atoms with E-state index in [1.54, 1.807) is 12.3 Å². The summed E-state index contributed by atoms with van der Waals surface area (Å²) in [4.78, 5) is 34.9. The summed E-state index contributed by atoms with van der Waals surface area (Å²) < 4.78 is 12.3. The van der Waals surface area contributed by atoms with Crippen molar-refractivity contribution in [2.24, 2.45) is 0 Å². The fraction of sp³-hybridized carbons (Fsp3) is 0.308. The van der Waals surface area contributed by atoms with Gasteiger partial charge < -0.3 is 19.7 Å². The Hall–Kier alpha value is -4.36. The minimum atomic E-state index is -0.550. The molecule has 36 heavy (non-hydrogen) atoms. The fourth-order valence-electron chi connectivity index (χ4n) is 4.51. The molecule has 1 N–H and O–H groups in total. The number of hydrogen-bond donors (Lipinski definition) is 1. The number of nitrogens with zero attached hydrogens (tertiary/aromatic N) is 5. The van der Waals surface area contributed by atoms with E-state index in [-0.39, 0.29) is 23.5 Å². The van der Waals surface area contributed by atoms with Crippen LogP contribution in [-0.4, -0.2) is 60.2 Å². The van der Waals surface area contributed by atoms with Gasteiger partial charge in [-0.05, 0) is 42.3 Å². The van der Waals surface area contributed by atoms with E-state index in [0.717, 1.165) is 42.3 Å². The lowest BCUT2D eigenvalue weighted by molar-refractivity contribution is -0.116. The number of ether oxygens (including phenoxy) is 2. The number of pyridine rings is 1. The highest BCUT2D eigenvalue weighted by Crippen LogP contribution is 2.33. The van der Waals surface area contributed by atoms with Crippen molar-refractivity contribution >= 4 is 23.4 Å². The number of piperazine rings is 1. The van der Waals surface area contributed by atoms with Crippen molar-refractivity contribution < 1.29 is 14.3 Å². The summed E-state index contributed by atoms with van der Waals surface area (Å²) >= 11 is 0. The first-order chi connectivity index (χ1) is 17.5. The zero-order valence-corrected chi connectivity index (χ0v) is 20.2. The molecule has 2 aliphatic heterocycles. The predicted octanol–water partition coefficient (Wildman–Crippen LogP) is 1.71. The second-order valence-corrected chi connectivity index (χ2v) is 8.74. The normalized spacial score (nSPS) is 15.7. The molecule has 1 saturated heterocycles. The molecule has 1 aromatic carbocycles. The van der Waals surface area contributed by atoms with Crippen LogP contribution in [0.15, 0.2) is 46.9 Å². The summed E-state index contributed by atoms with van der Waals surface area (Å²) in [6.07, 6.45) is 2.99. The molecule has 10 heteroatoms. The van der Waals surface area contributed by atoms with Gasteiger partial charge in [-0.15, -0.1) is 0 Å². The summed E-state index contributed by atoms with van der Waals surface area (Å²) in [6, 6.07) is 11.6. The number of rotatable bonds is 5. The van der Waals surface area contributed by atoms with E-state index in [0.29, 0.717) is 24.6 Å². The molecule has 3 aromatic rings. The van der Waals surface area contributed by atoms with E-state index in [2.05, 4.69) is 15.1 Å². The maximum Gasteiger partial charge on any atom is 0.267 e. The first kappa shape index (κ1) is 23.4. The number of nitrogens with one attached hydrogen (secondary N) is 1. The van der Waals surface area contributed by atoms with Gasteiger partial charge in [-0.2, -0.15) is 5.26 Å². The van der Waals surface area contributed by atoms with E-state index >= 15 is 0 Å².